The van der Waals surface area contributed by atoms with Crippen LogP contribution in [-0.4, -0.2) is 33.4 Å². The summed E-state index contributed by atoms with van der Waals surface area (Å²) in [5, 5.41) is 3.37. The van der Waals surface area contributed by atoms with Crippen LogP contribution in [0.3, 0.4) is 0 Å². The molecule has 0 radical (unpaired) electrons. The third-order valence-electron chi connectivity index (χ3n) is 1.75. The number of ether oxygens (including phenoxy) is 1. The van der Waals surface area contributed by atoms with Crippen molar-refractivity contribution in [3.8, 4) is 0 Å². The highest BCUT2D eigenvalue weighted by atomic mass is 16.5. The van der Waals surface area contributed by atoms with Crippen LogP contribution < -0.4 is 11.1 Å². The summed E-state index contributed by atoms with van der Waals surface area (Å²) in [6, 6.07) is 0. The van der Waals surface area contributed by atoms with Gasteiger partial charge < -0.3 is 15.8 Å². The molecule has 0 aromatic heterocycles. The summed E-state index contributed by atoms with van der Waals surface area (Å²) in [6.07, 6.45) is 2.29. The first-order chi connectivity index (χ1) is 5.81. The van der Waals surface area contributed by atoms with E-state index in [9.17, 15) is 0 Å². The van der Waals surface area contributed by atoms with E-state index in [2.05, 4.69) is 12.2 Å². The first-order valence-electron chi connectivity index (χ1n) is 4.71. The molecule has 1 unspecified atom stereocenters. The zero-order valence-corrected chi connectivity index (χ0v) is 8.31. The van der Waals surface area contributed by atoms with Crippen molar-refractivity contribution < 1.29 is 4.74 Å². The van der Waals surface area contributed by atoms with Crippen LogP contribution in [0.2, 0.25) is 0 Å². The fourth-order valence-corrected chi connectivity index (χ4v) is 1.09. The molecule has 3 heteroatoms. The molecule has 0 heterocycles. The van der Waals surface area contributed by atoms with E-state index >= 15 is 0 Å². The van der Waals surface area contributed by atoms with Gasteiger partial charge in [-0.25, -0.2) is 0 Å². The van der Waals surface area contributed by atoms with Crippen molar-refractivity contribution in [2.24, 2.45) is 11.7 Å². The molecule has 1 atom stereocenters. The molecule has 0 aromatic rings. The second kappa shape index (κ2) is 8.97. The normalized spacial score (nSPS) is 13.2. The van der Waals surface area contributed by atoms with Gasteiger partial charge in [0.05, 0.1) is 0 Å². The SMILES string of the molecule is COCC(C)CNCCCCN. The Bertz CT molecular complexity index is 88.6. The predicted octanol–water partition coefficient (Wildman–Crippen LogP) is 0.597. The maximum Gasteiger partial charge on any atom is 0.0499 e. The quantitative estimate of drug-likeness (QED) is 0.530. The van der Waals surface area contributed by atoms with Crippen LogP contribution >= 0.6 is 0 Å². The van der Waals surface area contributed by atoms with Gasteiger partial charge in [-0.3, -0.25) is 0 Å². The van der Waals surface area contributed by atoms with E-state index in [0.29, 0.717) is 5.92 Å². The van der Waals surface area contributed by atoms with Gasteiger partial charge in [-0.2, -0.15) is 0 Å². The molecule has 0 amide bonds. The molecule has 0 aromatic carbocycles. The minimum Gasteiger partial charge on any atom is -0.384 e. The zero-order chi connectivity index (χ0) is 9.23. The molecule has 0 spiro atoms. The summed E-state index contributed by atoms with van der Waals surface area (Å²) in [7, 11) is 1.74. The lowest BCUT2D eigenvalue weighted by molar-refractivity contribution is 0.158. The van der Waals surface area contributed by atoms with E-state index in [1.165, 1.54) is 6.42 Å². The van der Waals surface area contributed by atoms with Crippen LogP contribution in [0.25, 0.3) is 0 Å². The molecule has 0 aliphatic carbocycles. The molecule has 0 fully saturated rings. The Morgan fingerprint density at radius 2 is 2.17 bits per heavy atom. The number of hydrogen-bond acceptors (Lipinski definition) is 3. The van der Waals surface area contributed by atoms with Gasteiger partial charge in [-0.05, 0) is 38.4 Å². The minimum atomic E-state index is 0.605. The monoisotopic (exact) mass is 174 g/mol. The molecule has 3 nitrogen and oxygen atoms in total. The van der Waals surface area contributed by atoms with E-state index < -0.39 is 0 Å². The smallest absolute Gasteiger partial charge is 0.0499 e. The number of nitrogens with two attached hydrogens (primary N) is 1. The van der Waals surface area contributed by atoms with Crippen molar-refractivity contribution >= 4 is 0 Å². The Morgan fingerprint density at radius 3 is 2.75 bits per heavy atom. The molecular weight excluding hydrogens is 152 g/mol. The van der Waals surface area contributed by atoms with Gasteiger partial charge in [0.25, 0.3) is 0 Å². The molecule has 0 aliphatic rings. The number of rotatable bonds is 8. The average molecular weight is 174 g/mol. The highest BCUT2D eigenvalue weighted by molar-refractivity contribution is 4.55. The second-order valence-electron chi connectivity index (χ2n) is 3.26. The van der Waals surface area contributed by atoms with Crippen molar-refractivity contribution in [2.75, 3.05) is 33.4 Å². The largest absolute Gasteiger partial charge is 0.384 e. The van der Waals surface area contributed by atoms with Crippen molar-refractivity contribution in [3.05, 3.63) is 0 Å². The first-order valence-corrected chi connectivity index (χ1v) is 4.71. The second-order valence-corrected chi connectivity index (χ2v) is 3.26. The fraction of sp³-hybridized carbons (Fsp3) is 1.00. The zero-order valence-electron chi connectivity index (χ0n) is 8.31. The molecule has 0 aliphatic heterocycles. The Labute approximate surface area is 75.7 Å². The summed E-state index contributed by atoms with van der Waals surface area (Å²) in [5.41, 5.74) is 5.37. The van der Waals surface area contributed by atoms with Crippen LogP contribution in [-0.2, 0) is 4.74 Å². The van der Waals surface area contributed by atoms with Gasteiger partial charge in [0, 0.05) is 13.7 Å². The van der Waals surface area contributed by atoms with Crippen molar-refractivity contribution in [3.63, 3.8) is 0 Å². The van der Waals surface area contributed by atoms with E-state index in [1.807, 2.05) is 0 Å². The lowest BCUT2D eigenvalue weighted by Crippen LogP contribution is -2.25. The molecule has 12 heavy (non-hydrogen) atoms. The maximum atomic E-state index is 5.37. The maximum absolute atomic E-state index is 5.37. The van der Waals surface area contributed by atoms with E-state index in [4.69, 9.17) is 10.5 Å². The summed E-state index contributed by atoms with van der Waals surface area (Å²) in [5.74, 6) is 0.605. The predicted molar refractivity (Wildman–Crippen MR) is 52.2 cm³/mol. The van der Waals surface area contributed by atoms with Gasteiger partial charge in [-0.15, -0.1) is 0 Å². The molecule has 0 saturated heterocycles. The number of hydrogen-bond donors (Lipinski definition) is 2. The highest BCUT2D eigenvalue weighted by Crippen LogP contribution is 1.92. The lowest BCUT2D eigenvalue weighted by Gasteiger charge is -2.10. The van der Waals surface area contributed by atoms with Crippen LogP contribution in [0.1, 0.15) is 19.8 Å². The van der Waals surface area contributed by atoms with Gasteiger partial charge in [0.1, 0.15) is 0 Å². The summed E-state index contributed by atoms with van der Waals surface area (Å²) in [4.78, 5) is 0. The van der Waals surface area contributed by atoms with Gasteiger partial charge >= 0.3 is 0 Å². The van der Waals surface area contributed by atoms with Gasteiger partial charge in [0.2, 0.25) is 0 Å². The average Bonchev–Trinajstić information content (AvgIpc) is 2.05. The Hall–Kier alpha value is -0.120. The molecule has 0 bridgehead atoms. The van der Waals surface area contributed by atoms with Crippen molar-refractivity contribution in [1.29, 1.82) is 0 Å². The summed E-state index contributed by atoms with van der Waals surface area (Å²) >= 11 is 0. The molecule has 74 valence electrons. The van der Waals surface area contributed by atoms with Crippen LogP contribution in [0.15, 0.2) is 0 Å². The van der Waals surface area contributed by atoms with Crippen LogP contribution in [0.5, 0.6) is 0 Å². The van der Waals surface area contributed by atoms with Crippen LogP contribution in [0, 0.1) is 5.92 Å². The highest BCUT2D eigenvalue weighted by Gasteiger charge is 1.98. The fourth-order valence-electron chi connectivity index (χ4n) is 1.09. The lowest BCUT2D eigenvalue weighted by atomic mass is 10.2. The topological polar surface area (TPSA) is 47.3 Å². The van der Waals surface area contributed by atoms with Gasteiger partial charge in [-0.1, -0.05) is 6.92 Å². The Morgan fingerprint density at radius 1 is 1.42 bits per heavy atom. The summed E-state index contributed by atoms with van der Waals surface area (Å²) in [6.45, 7) is 5.93. The van der Waals surface area contributed by atoms with Crippen molar-refractivity contribution in [1.82, 2.24) is 5.32 Å². The molecule has 0 saturated carbocycles. The number of nitrogens with one attached hydrogen (secondary N) is 1. The Balaban J connectivity index is 2.97. The minimum absolute atomic E-state index is 0.605. The molecule has 0 rings (SSSR count). The Kier molecular flexibility index (Phi) is 8.88. The molecular formula is C9H22N2O. The van der Waals surface area contributed by atoms with Crippen molar-refractivity contribution in [2.45, 2.75) is 19.8 Å². The first kappa shape index (κ1) is 11.9. The van der Waals surface area contributed by atoms with Gasteiger partial charge in [0.15, 0.2) is 0 Å². The number of methoxy groups -OCH3 is 1. The van der Waals surface area contributed by atoms with Crippen LogP contribution in [0.4, 0.5) is 0 Å². The molecule has 3 N–H and O–H groups in total. The third kappa shape index (κ3) is 7.98. The van der Waals surface area contributed by atoms with E-state index in [1.54, 1.807) is 7.11 Å². The third-order valence-corrected chi connectivity index (χ3v) is 1.75. The van der Waals surface area contributed by atoms with E-state index in [-0.39, 0.29) is 0 Å². The van der Waals surface area contributed by atoms with E-state index in [0.717, 1.165) is 32.7 Å². The number of unbranched alkanes of at least 4 members (excludes halogenated alkanes) is 1. The summed E-state index contributed by atoms with van der Waals surface area (Å²) < 4.78 is 5.02. The standard InChI is InChI=1S/C9H22N2O/c1-9(8-12-2)7-11-6-4-3-5-10/h9,11H,3-8,10H2,1-2H3.